The van der Waals surface area contributed by atoms with Gasteiger partial charge in [0.05, 0.1) is 5.60 Å². The molecule has 0 heterocycles. The predicted molar refractivity (Wildman–Crippen MR) is 37.3 cm³/mol. The van der Waals surface area contributed by atoms with Gasteiger partial charge in [-0.15, -0.1) is 0 Å². The molecule has 0 aliphatic carbocycles. The van der Waals surface area contributed by atoms with E-state index in [0.717, 1.165) is 6.61 Å². The van der Waals surface area contributed by atoms with Crippen LogP contribution in [0.15, 0.2) is 0 Å². The van der Waals surface area contributed by atoms with Crippen LogP contribution in [-0.2, 0) is 9.47 Å². The fourth-order valence-electron chi connectivity index (χ4n) is 0.302. The van der Waals surface area contributed by atoms with E-state index in [1.807, 2.05) is 27.7 Å². The van der Waals surface area contributed by atoms with Gasteiger partial charge in [-0.1, -0.05) is 0 Å². The molecule has 0 spiro atoms. The lowest BCUT2D eigenvalue weighted by molar-refractivity contribution is -0.117. The average molecular weight is 132 g/mol. The molecular formula is C7H16O2. The van der Waals surface area contributed by atoms with E-state index >= 15 is 0 Å². The van der Waals surface area contributed by atoms with Gasteiger partial charge in [-0.25, -0.2) is 0 Å². The van der Waals surface area contributed by atoms with Crippen molar-refractivity contribution < 1.29 is 9.47 Å². The van der Waals surface area contributed by atoms with E-state index in [9.17, 15) is 0 Å². The van der Waals surface area contributed by atoms with Crippen molar-refractivity contribution >= 4 is 0 Å². The zero-order valence-electron chi connectivity index (χ0n) is 6.73. The van der Waals surface area contributed by atoms with Crippen molar-refractivity contribution in [2.24, 2.45) is 0 Å². The molecule has 56 valence electrons. The Balaban J connectivity index is 3.07. The summed E-state index contributed by atoms with van der Waals surface area (Å²) in [6.45, 7) is 9.09. The van der Waals surface area contributed by atoms with Crippen LogP contribution in [-0.4, -0.2) is 19.0 Å². The first-order chi connectivity index (χ1) is 4.06. The summed E-state index contributed by atoms with van der Waals surface area (Å²) >= 11 is 0. The molecule has 0 aromatic rings. The summed E-state index contributed by atoms with van der Waals surface area (Å²) in [5.41, 5.74) is -0.0742. The van der Waals surface area contributed by atoms with Crippen LogP contribution in [0.2, 0.25) is 0 Å². The topological polar surface area (TPSA) is 18.5 Å². The molecule has 0 aliphatic heterocycles. The van der Waals surface area contributed by atoms with Gasteiger partial charge >= 0.3 is 0 Å². The molecule has 0 saturated carbocycles. The summed E-state index contributed by atoms with van der Waals surface area (Å²) in [4.78, 5) is 0. The van der Waals surface area contributed by atoms with Crippen LogP contribution in [0.25, 0.3) is 0 Å². The number of ether oxygens (including phenoxy) is 2. The fraction of sp³-hybridized carbons (Fsp3) is 1.00. The molecule has 0 fully saturated rings. The van der Waals surface area contributed by atoms with Gasteiger partial charge in [0.15, 0.2) is 0 Å². The highest BCUT2D eigenvalue weighted by molar-refractivity contribution is 4.56. The van der Waals surface area contributed by atoms with Crippen molar-refractivity contribution in [3.05, 3.63) is 0 Å². The Hall–Kier alpha value is -0.0800. The summed E-state index contributed by atoms with van der Waals surface area (Å²) in [5.74, 6) is 0. The Morgan fingerprint density at radius 3 is 2.11 bits per heavy atom. The SMILES string of the molecule is CCOCOC(C)(C)C. The van der Waals surface area contributed by atoms with Gasteiger partial charge in [0.1, 0.15) is 6.79 Å². The van der Waals surface area contributed by atoms with E-state index in [0.29, 0.717) is 6.79 Å². The highest BCUT2D eigenvalue weighted by Gasteiger charge is 2.08. The van der Waals surface area contributed by atoms with Crippen LogP contribution in [0.4, 0.5) is 0 Å². The molecule has 0 aromatic carbocycles. The second kappa shape index (κ2) is 3.85. The molecule has 0 saturated heterocycles. The van der Waals surface area contributed by atoms with Gasteiger partial charge < -0.3 is 9.47 Å². The van der Waals surface area contributed by atoms with Crippen LogP contribution in [0.3, 0.4) is 0 Å². The van der Waals surface area contributed by atoms with E-state index in [-0.39, 0.29) is 5.60 Å². The van der Waals surface area contributed by atoms with Crippen molar-refractivity contribution in [2.45, 2.75) is 33.3 Å². The summed E-state index contributed by atoms with van der Waals surface area (Å²) < 4.78 is 10.2. The van der Waals surface area contributed by atoms with E-state index in [1.54, 1.807) is 0 Å². The second-order valence-corrected chi connectivity index (χ2v) is 2.87. The highest BCUT2D eigenvalue weighted by atomic mass is 16.7. The third kappa shape index (κ3) is 7.92. The van der Waals surface area contributed by atoms with E-state index in [4.69, 9.17) is 9.47 Å². The third-order valence-electron chi connectivity index (χ3n) is 0.779. The molecule has 9 heavy (non-hydrogen) atoms. The van der Waals surface area contributed by atoms with Crippen molar-refractivity contribution in [3.8, 4) is 0 Å². The lowest BCUT2D eigenvalue weighted by Crippen LogP contribution is -2.20. The fourth-order valence-corrected chi connectivity index (χ4v) is 0.302. The Bertz CT molecular complexity index is 63.8. The highest BCUT2D eigenvalue weighted by Crippen LogP contribution is 2.05. The first-order valence-corrected chi connectivity index (χ1v) is 3.28. The molecule has 0 aliphatic rings. The van der Waals surface area contributed by atoms with Crippen molar-refractivity contribution in [1.82, 2.24) is 0 Å². The largest absolute Gasteiger partial charge is 0.356 e. The normalized spacial score (nSPS) is 12.0. The van der Waals surface area contributed by atoms with Gasteiger partial charge in [0.25, 0.3) is 0 Å². The lowest BCUT2D eigenvalue weighted by atomic mass is 10.2. The average Bonchev–Trinajstić information content (AvgIpc) is 1.63. The van der Waals surface area contributed by atoms with Gasteiger partial charge in [-0.2, -0.15) is 0 Å². The number of rotatable bonds is 3. The Morgan fingerprint density at radius 2 is 1.78 bits per heavy atom. The summed E-state index contributed by atoms with van der Waals surface area (Å²) in [6, 6.07) is 0. The Kier molecular flexibility index (Phi) is 3.82. The molecule has 2 nitrogen and oxygen atoms in total. The monoisotopic (exact) mass is 132 g/mol. The van der Waals surface area contributed by atoms with Crippen LogP contribution < -0.4 is 0 Å². The molecule has 0 aromatic heterocycles. The van der Waals surface area contributed by atoms with Crippen molar-refractivity contribution in [3.63, 3.8) is 0 Å². The molecule has 0 unspecified atom stereocenters. The first kappa shape index (κ1) is 8.92. The molecule has 0 radical (unpaired) electrons. The van der Waals surface area contributed by atoms with Gasteiger partial charge in [0.2, 0.25) is 0 Å². The lowest BCUT2D eigenvalue weighted by Gasteiger charge is -2.18. The maximum absolute atomic E-state index is 5.25. The van der Waals surface area contributed by atoms with Crippen LogP contribution in [0, 0.1) is 0 Å². The molecule has 2 heteroatoms. The minimum Gasteiger partial charge on any atom is -0.356 e. The second-order valence-electron chi connectivity index (χ2n) is 2.87. The first-order valence-electron chi connectivity index (χ1n) is 3.28. The maximum atomic E-state index is 5.25. The number of hydrogen-bond donors (Lipinski definition) is 0. The summed E-state index contributed by atoms with van der Waals surface area (Å²) in [6.07, 6.45) is 0. The minimum atomic E-state index is -0.0742. The van der Waals surface area contributed by atoms with Crippen LogP contribution in [0.1, 0.15) is 27.7 Å². The van der Waals surface area contributed by atoms with E-state index in [1.165, 1.54) is 0 Å². The molecule has 0 amide bonds. The molecule has 0 rings (SSSR count). The summed E-state index contributed by atoms with van der Waals surface area (Å²) in [7, 11) is 0. The molecular weight excluding hydrogens is 116 g/mol. The minimum absolute atomic E-state index is 0.0742. The van der Waals surface area contributed by atoms with E-state index in [2.05, 4.69) is 0 Å². The summed E-state index contributed by atoms with van der Waals surface area (Å²) in [5, 5.41) is 0. The quantitative estimate of drug-likeness (QED) is 0.430. The van der Waals surface area contributed by atoms with Crippen molar-refractivity contribution in [2.75, 3.05) is 13.4 Å². The van der Waals surface area contributed by atoms with Gasteiger partial charge in [-0.3, -0.25) is 0 Å². The van der Waals surface area contributed by atoms with Crippen molar-refractivity contribution in [1.29, 1.82) is 0 Å². The molecule has 0 atom stereocenters. The zero-order chi connectivity index (χ0) is 7.33. The van der Waals surface area contributed by atoms with Crippen LogP contribution in [0.5, 0.6) is 0 Å². The van der Waals surface area contributed by atoms with E-state index < -0.39 is 0 Å². The van der Waals surface area contributed by atoms with Crippen LogP contribution >= 0.6 is 0 Å². The smallest absolute Gasteiger partial charge is 0.147 e. The maximum Gasteiger partial charge on any atom is 0.147 e. The standard InChI is InChI=1S/C7H16O2/c1-5-8-6-9-7(2,3)4/h5-6H2,1-4H3. The number of hydrogen-bond acceptors (Lipinski definition) is 2. The van der Waals surface area contributed by atoms with Gasteiger partial charge in [-0.05, 0) is 27.7 Å². The predicted octanol–water partition coefficient (Wildman–Crippen LogP) is 1.80. The molecule has 0 N–H and O–H groups in total. The zero-order valence-corrected chi connectivity index (χ0v) is 6.73. The third-order valence-corrected chi connectivity index (χ3v) is 0.779. The Morgan fingerprint density at radius 1 is 1.22 bits per heavy atom. The van der Waals surface area contributed by atoms with Gasteiger partial charge in [0, 0.05) is 6.61 Å². The molecule has 0 bridgehead atoms. The Labute approximate surface area is 57.2 Å².